The van der Waals surface area contributed by atoms with Gasteiger partial charge in [-0.3, -0.25) is 24.8 Å². The number of H-pyrrole nitrogens is 2. The number of carbonyl (C=O) groups excluding carboxylic acids is 1. The molecule has 1 fully saturated rings. The Kier molecular flexibility index (Phi) is 6.24. The molecule has 6 aromatic rings. The van der Waals surface area contributed by atoms with Gasteiger partial charge in [-0.2, -0.15) is 5.10 Å². The Labute approximate surface area is 230 Å². The van der Waals surface area contributed by atoms with Crippen LogP contribution in [0.15, 0.2) is 73.3 Å². The van der Waals surface area contributed by atoms with E-state index in [0.29, 0.717) is 23.7 Å². The Morgan fingerprint density at radius 2 is 1.82 bits per heavy atom. The van der Waals surface area contributed by atoms with Crippen LogP contribution in [-0.4, -0.2) is 41.0 Å². The molecule has 1 saturated carbocycles. The van der Waals surface area contributed by atoms with E-state index >= 15 is 0 Å². The summed E-state index contributed by atoms with van der Waals surface area (Å²) in [6.07, 6.45) is 13.6. The van der Waals surface area contributed by atoms with Crippen molar-refractivity contribution in [2.24, 2.45) is 5.92 Å². The number of carbonyl (C=O) groups is 1. The Morgan fingerprint density at radius 3 is 2.70 bits per heavy atom. The van der Waals surface area contributed by atoms with Gasteiger partial charge in [-0.1, -0.05) is 25.3 Å². The van der Waals surface area contributed by atoms with Crippen LogP contribution < -0.4 is 5.32 Å². The minimum absolute atomic E-state index is 0.0461. The van der Waals surface area contributed by atoms with Gasteiger partial charge in [0, 0.05) is 41.5 Å². The molecule has 6 heterocycles. The Bertz CT molecular complexity index is 1820. The largest absolute Gasteiger partial charge is 0.353 e. The fourth-order valence-electron chi connectivity index (χ4n) is 5.65. The molecule has 1 aliphatic rings. The summed E-state index contributed by atoms with van der Waals surface area (Å²) in [6.45, 7) is 0. The summed E-state index contributed by atoms with van der Waals surface area (Å²) in [6, 6.07) is 15.6. The number of fused-ring (bicyclic) bond motifs is 2. The standard InChI is InChI=1S/C31H28N8O/c40-28(14-19-6-2-1-3-7-19)35-21-15-20(17-32-18-21)23-9-10-26-30(37-23)31(39-38-26)27-16-22-24(36-27)11-13-34-29(22)25-8-4-5-12-33-25/h4-5,8-13,15-19,36H,1-3,6-7,14H2,(H,35,40)(H,38,39). The van der Waals surface area contributed by atoms with Gasteiger partial charge in [0.15, 0.2) is 0 Å². The number of nitrogens with zero attached hydrogens (tertiary/aromatic N) is 5. The minimum Gasteiger partial charge on any atom is -0.353 e. The lowest BCUT2D eigenvalue weighted by Crippen LogP contribution is -2.18. The highest BCUT2D eigenvalue weighted by Gasteiger charge is 2.18. The van der Waals surface area contributed by atoms with Crippen molar-refractivity contribution in [2.45, 2.75) is 38.5 Å². The molecule has 0 radical (unpaired) electrons. The van der Waals surface area contributed by atoms with Crippen LogP contribution in [0.1, 0.15) is 38.5 Å². The molecule has 0 bridgehead atoms. The van der Waals surface area contributed by atoms with Crippen molar-refractivity contribution in [2.75, 3.05) is 5.32 Å². The molecule has 7 rings (SSSR count). The number of aromatic amines is 2. The van der Waals surface area contributed by atoms with E-state index in [0.717, 1.165) is 63.1 Å². The molecule has 1 aliphatic carbocycles. The van der Waals surface area contributed by atoms with Crippen LogP contribution >= 0.6 is 0 Å². The normalized spacial score (nSPS) is 14.1. The van der Waals surface area contributed by atoms with Crippen molar-refractivity contribution in [1.82, 2.24) is 35.1 Å². The molecule has 6 aromatic heterocycles. The molecular formula is C31H28N8O. The zero-order valence-corrected chi connectivity index (χ0v) is 21.9. The molecule has 9 heteroatoms. The third kappa shape index (κ3) is 4.70. The molecule has 0 spiro atoms. The van der Waals surface area contributed by atoms with Crippen LogP contribution in [0, 0.1) is 5.92 Å². The predicted molar refractivity (Wildman–Crippen MR) is 155 cm³/mol. The molecular weight excluding hydrogens is 500 g/mol. The van der Waals surface area contributed by atoms with E-state index in [1.807, 2.05) is 48.5 Å². The minimum atomic E-state index is 0.0461. The van der Waals surface area contributed by atoms with Crippen molar-refractivity contribution in [3.05, 3.63) is 73.3 Å². The maximum absolute atomic E-state index is 12.7. The number of amides is 1. The number of hydrogen-bond donors (Lipinski definition) is 3. The zero-order chi connectivity index (χ0) is 26.9. The van der Waals surface area contributed by atoms with Gasteiger partial charge in [0.25, 0.3) is 0 Å². The van der Waals surface area contributed by atoms with Gasteiger partial charge in [-0.05, 0) is 61.2 Å². The van der Waals surface area contributed by atoms with E-state index in [2.05, 4.69) is 35.5 Å². The Morgan fingerprint density at radius 1 is 0.900 bits per heavy atom. The van der Waals surface area contributed by atoms with E-state index in [-0.39, 0.29) is 5.91 Å². The lowest BCUT2D eigenvalue weighted by molar-refractivity contribution is -0.117. The van der Waals surface area contributed by atoms with Gasteiger partial charge in [0.2, 0.25) is 5.91 Å². The molecule has 198 valence electrons. The molecule has 0 unspecified atom stereocenters. The van der Waals surface area contributed by atoms with Crippen LogP contribution in [0.3, 0.4) is 0 Å². The Balaban J connectivity index is 1.19. The van der Waals surface area contributed by atoms with Crippen LogP contribution in [0.5, 0.6) is 0 Å². The summed E-state index contributed by atoms with van der Waals surface area (Å²) in [5, 5.41) is 11.7. The molecule has 0 aromatic carbocycles. The lowest BCUT2D eigenvalue weighted by atomic mass is 9.87. The van der Waals surface area contributed by atoms with Gasteiger partial charge in [0.1, 0.15) is 11.2 Å². The average Bonchev–Trinajstić information content (AvgIpc) is 3.62. The van der Waals surface area contributed by atoms with E-state index in [1.54, 1.807) is 24.8 Å². The number of rotatable bonds is 6. The summed E-state index contributed by atoms with van der Waals surface area (Å²) >= 11 is 0. The fourth-order valence-corrected chi connectivity index (χ4v) is 5.65. The van der Waals surface area contributed by atoms with E-state index in [9.17, 15) is 4.79 Å². The van der Waals surface area contributed by atoms with Crippen molar-refractivity contribution in [1.29, 1.82) is 0 Å². The maximum atomic E-state index is 12.7. The van der Waals surface area contributed by atoms with E-state index in [1.165, 1.54) is 19.3 Å². The molecule has 0 saturated heterocycles. The highest BCUT2D eigenvalue weighted by atomic mass is 16.1. The molecule has 1 amide bonds. The van der Waals surface area contributed by atoms with Crippen molar-refractivity contribution in [3.8, 4) is 34.0 Å². The van der Waals surface area contributed by atoms with E-state index in [4.69, 9.17) is 4.98 Å². The van der Waals surface area contributed by atoms with Gasteiger partial charge in [-0.15, -0.1) is 0 Å². The third-order valence-corrected chi connectivity index (χ3v) is 7.64. The second-order valence-corrected chi connectivity index (χ2v) is 10.4. The number of pyridine rings is 4. The molecule has 40 heavy (non-hydrogen) atoms. The highest BCUT2D eigenvalue weighted by molar-refractivity contribution is 5.99. The zero-order valence-electron chi connectivity index (χ0n) is 21.9. The van der Waals surface area contributed by atoms with Crippen molar-refractivity contribution in [3.63, 3.8) is 0 Å². The summed E-state index contributed by atoms with van der Waals surface area (Å²) in [5.74, 6) is 0.527. The van der Waals surface area contributed by atoms with Crippen molar-refractivity contribution >= 4 is 33.5 Å². The summed E-state index contributed by atoms with van der Waals surface area (Å²) in [4.78, 5) is 34.5. The third-order valence-electron chi connectivity index (χ3n) is 7.64. The van der Waals surface area contributed by atoms with Crippen LogP contribution in [0.2, 0.25) is 0 Å². The number of aromatic nitrogens is 7. The lowest BCUT2D eigenvalue weighted by Gasteiger charge is -2.20. The highest BCUT2D eigenvalue weighted by Crippen LogP contribution is 2.33. The first-order chi connectivity index (χ1) is 19.7. The van der Waals surface area contributed by atoms with Gasteiger partial charge in [0.05, 0.1) is 40.2 Å². The molecule has 9 nitrogen and oxygen atoms in total. The topological polar surface area (TPSA) is 125 Å². The van der Waals surface area contributed by atoms with Gasteiger partial charge < -0.3 is 10.3 Å². The molecule has 0 aliphatic heterocycles. The monoisotopic (exact) mass is 528 g/mol. The first-order valence-electron chi connectivity index (χ1n) is 13.7. The van der Waals surface area contributed by atoms with Gasteiger partial charge >= 0.3 is 0 Å². The number of hydrogen-bond acceptors (Lipinski definition) is 6. The quantitative estimate of drug-likeness (QED) is 0.226. The van der Waals surface area contributed by atoms with Gasteiger partial charge in [-0.25, -0.2) is 4.98 Å². The van der Waals surface area contributed by atoms with E-state index < -0.39 is 0 Å². The first-order valence-corrected chi connectivity index (χ1v) is 13.7. The molecule has 0 atom stereocenters. The fraction of sp³-hybridized carbons (Fsp3) is 0.226. The van der Waals surface area contributed by atoms with Crippen LogP contribution in [-0.2, 0) is 4.79 Å². The number of anilines is 1. The van der Waals surface area contributed by atoms with Crippen LogP contribution in [0.4, 0.5) is 5.69 Å². The molecule has 3 N–H and O–H groups in total. The second kappa shape index (κ2) is 10.3. The predicted octanol–water partition coefficient (Wildman–Crippen LogP) is 6.53. The maximum Gasteiger partial charge on any atom is 0.224 e. The second-order valence-electron chi connectivity index (χ2n) is 10.4. The smallest absolute Gasteiger partial charge is 0.224 e. The van der Waals surface area contributed by atoms with Crippen molar-refractivity contribution < 1.29 is 4.79 Å². The summed E-state index contributed by atoms with van der Waals surface area (Å²) in [7, 11) is 0. The SMILES string of the molecule is O=C(CC1CCCCC1)Nc1cncc(-c2ccc3[nH]nc(-c4cc5c(-c6ccccn6)nccc5[nH]4)c3n2)c1. The summed E-state index contributed by atoms with van der Waals surface area (Å²) < 4.78 is 0. The first kappa shape index (κ1) is 24.1. The average molecular weight is 529 g/mol. The summed E-state index contributed by atoms with van der Waals surface area (Å²) in [5.41, 5.74) is 7.92. The Hall–Kier alpha value is -4.92. The number of nitrogens with one attached hydrogen (secondary N) is 3. The van der Waals surface area contributed by atoms with Crippen LogP contribution in [0.25, 0.3) is 56.0 Å².